The van der Waals surface area contributed by atoms with Crippen LogP contribution in [0.2, 0.25) is 0 Å². The number of fused-ring (bicyclic) bond motifs is 6. The predicted octanol–water partition coefficient (Wildman–Crippen LogP) is 9.47. The van der Waals surface area contributed by atoms with Crippen LogP contribution in [0.5, 0.6) is 5.75 Å². The summed E-state index contributed by atoms with van der Waals surface area (Å²) in [5.74, 6) is 0.306. The molecule has 17 nitrogen and oxygen atoms in total. The minimum atomic E-state index is -1.09. The van der Waals surface area contributed by atoms with Crippen LogP contribution in [-0.4, -0.2) is 123 Å². The maximum Gasteiger partial charge on any atom is 0.415 e. The Morgan fingerprint density at radius 1 is 0.863 bits per heavy atom. The van der Waals surface area contributed by atoms with Crippen molar-refractivity contribution in [2.75, 3.05) is 33.2 Å². The standard InChI is InChI=1S/C62H88N6O11S/c1-36(43-19-20-44-54-45(24-26-62(43,44)8)61(7)25-23-41(69)31-40(61)32-48(54)70)17-22-51(72)65-47(58(76)77)15-12-13-27-64-50(71)16-11-10-14-28-68(59(78)79-42-18-21-46-49(33-42)80-52(35-63)66-46)30-29-67(9)53(73)34-60(5,6)55-39(4)56(74)37(2)38(3)57(55)75/h18,21,33,36,40-41,43-45,47-48,54,69-70H,10-17,19-20,22-32,34H2,1-9H3,(H,64,71)(H,65,72)(H,76,77)/t36?,40-,41+,43+,44-,45-,47?,48-,54-,61-,62+/m0/s1. The van der Waals surface area contributed by atoms with Crippen molar-refractivity contribution >= 4 is 62.9 Å². The summed E-state index contributed by atoms with van der Waals surface area (Å²) < 4.78 is 6.48. The Morgan fingerprint density at radius 3 is 2.30 bits per heavy atom. The van der Waals surface area contributed by atoms with E-state index in [4.69, 9.17) is 4.74 Å². The maximum absolute atomic E-state index is 13.7. The summed E-state index contributed by atoms with van der Waals surface area (Å²) in [4.78, 5) is 99.3. The van der Waals surface area contributed by atoms with E-state index in [2.05, 4.69) is 36.4 Å². The Morgan fingerprint density at radius 2 is 1.57 bits per heavy atom. The molecule has 0 saturated heterocycles. The Balaban J connectivity index is 0.817. The predicted molar refractivity (Wildman–Crippen MR) is 305 cm³/mol. The summed E-state index contributed by atoms with van der Waals surface area (Å²) in [5.41, 5.74) is 1.37. The largest absolute Gasteiger partial charge is 0.480 e. The number of benzene rings is 1. The lowest BCUT2D eigenvalue weighted by molar-refractivity contribution is -0.174. The van der Waals surface area contributed by atoms with Crippen LogP contribution in [0, 0.1) is 63.1 Å². The van der Waals surface area contributed by atoms with Gasteiger partial charge in [-0.2, -0.15) is 5.26 Å². The number of aliphatic hydroxyl groups is 2. The number of Topliss-reactive ketones (excluding diaryl/α,β-unsaturated/α-hetero) is 2. The molecule has 0 bridgehead atoms. The fourth-order valence-electron chi connectivity index (χ4n) is 15.2. The van der Waals surface area contributed by atoms with Crippen molar-refractivity contribution < 1.29 is 53.6 Å². The smallest absolute Gasteiger partial charge is 0.415 e. The van der Waals surface area contributed by atoms with Crippen LogP contribution in [0.25, 0.3) is 10.2 Å². The van der Waals surface area contributed by atoms with Crippen LogP contribution in [-0.2, 0) is 28.8 Å². The topological polar surface area (TPSA) is 257 Å². The molecule has 80 heavy (non-hydrogen) atoms. The van der Waals surface area contributed by atoms with Gasteiger partial charge in [-0.05, 0) is 169 Å². The fraction of sp³-hybridized carbons (Fsp3) is 0.694. The van der Waals surface area contributed by atoms with E-state index in [9.17, 15) is 54.1 Å². The van der Waals surface area contributed by atoms with Crippen molar-refractivity contribution in [3.05, 3.63) is 45.5 Å². The number of thiazole rings is 1. The number of ether oxygens (including phenoxy) is 1. The molecule has 0 spiro atoms. The first kappa shape index (κ1) is 62.1. The minimum Gasteiger partial charge on any atom is -0.480 e. The number of carboxylic acid groups (broad SMARTS) is 1. The molecule has 0 radical (unpaired) electrons. The summed E-state index contributed by atoms with van der Waals surface area (Å²) in [6.45, 7) is 16.4. The number of hydrogen-bond acceptors (Lipinski definition) is 13. The zero-order valence-electron chi connectivity index (χ0n) is 48.8. The van der Waals surface area contributed by atoms with E-state index in [1.807, 2.05) is 6.07 Å². The van der Waals surface area contributed by atoms with Crippen molar-refractivity contribution in [3.8, 4) is 11.8 Å². The molecule has 5 aliphatic carbocycles. The van der Waals surface area contributed by atoms with E-state index >= 15 is 0 Å². The molecular weight excluding hydrogens is 1040 g/mol. The van der Waals surface area contributed by atoms with E-state index in [1.165, 1.54) is 21.1 Å². The first-order valence-electron chi connectivity index (χ1n) is 29.4. The van der Waals surface area contributed by atoms with E-state index in [0.717, 1.165) is 51.4 Å². The van der Waals surface area contributed by atoms with Crippen LogP contribution < -0.4 is 15.4 Å². The van der Waals surface area contributed by atoms with Gasteiger partial charge in [-0.3, -0.25) is 24.0 Å². The number of carbonyl (C=O) groups is 7. The van der Waals surface area contributed by atoms with Gasteiger partial charge in [0, 0.05) is 86.3 Å². The highest BCUT2D eigenvalue weighted by Gasteiger charge is 2.63. The fourth-order valence-corrected chi connectivity index (χ4v) is 16.0. The Kier molecular flexibility index (Phi) is 20.3. The molecule has 0 aliphatic heterocycles. The third kappa shape index (κ3) is 13.9. The van der Waals surface area contributed by atoms with Crippen LogP contribution in [0.4, 0.5) is 4.79 Å². The second kappa shape index (κ2) is 26.2. The van der Waals surface area contributed by atoms with E-state index in [0.29, 0.717) is 101 Å². The number of nitriles is 1. The van der Waals surface area contributed by atoms with Crippen LogP contribution in [0.1, 0.15) is 176 Å². The lowest BCUT2D eigenvalue weighted by atomic mass is 9.43. The molecule has 4 saturated carbocycles. The summed E-state index contributed by atoms with van der Waals surface area (Å²) in [7, 11) is 1.62. The second-order valence-electron chi connectivity index (χ2n) is 25.5. The molecule has 5 aliphatic rings. The molecule has 1 heterocycles. The highest BCUT2D eigenvalue weighted by atomic mass is 32.1. The third-order valence-electron chi connectivity index (χ3n) is 20.0. The quantitative estimate of drug-likeness (QED) is 0.0485. The summed E-state index contributed by atoms with van der Waals surface area (Å²) >= 11 is 1.18. The molecule has 5 N–H and O–H groups in total. The molecule has 1 aromatic carbocycles. The van der Waals surface area contributed by atoms with Gasteiger partial charge in [-0.25, -0.2) is 14.6 Å². The van der Waals surface area contributed by atoms with Crippen molar-refractivity contribution in [2.24, 2.45) is 51.8 Å². The van der Waals surface area contributed by atoms with Gasteiger partial charge < -0.3 is 40.5 Å². The summed E-state index contributed by atoms with van der Waals surface area (Å²) in [6, 6.07) is 5.93. The van der Waals surface area contributed by atoms with E-state index in [1.54, 1.807) is 59.9 Å². The monoisotopic (exact) mass is 1120 g/mol. The SMILES string of the molecule is CC1=C(C)C(=O)C(C(C)(C)CC(=O)N(C)CCN(CCCCCC(=O)NCCCCC(NC(=O)CCC(C)[C@H]2CC[C@H]3[C@@H]4[C@@H](O)C[C@@H]5C[C@H](O)CC[C@]5(C)[C@H]4CC[C@]23C)C(=O)O)C(=O)Oc2ccc3nc(C#N)sc3c2)=C(C)C1=O. The van der Waals surface area contributed by atoms with Crippen molar-refractivity contribution in [2.45, 2.75) is 189 Å². The Labute approximate surface area is 476 Å². The number of likely N-dealkylation sites (N-methyl/N-ethyl adjacent to an activating group) is 1. The number of nitrogens with zero attached hydrogens (tertiary/aromatic N) is 4. The van der Waals surface area contributed by atoms with Crippen molar-refractivity contribution in [3.63, 3.8) is 0 Å². The third-order valence-corrected chi connectivity index (χ3v) is 20.9. The van der Waals surface area contributed by atoms with Gasteiger partial charge in [0.25, 0.3) is 0 Å². The van der Waals surface area contributed by atoms with E-state index < -0.39 is 23.5 Å². The zero-order valence-corrected chi connectivity index (χ0v) is 49.6. The molecule has 2 unspecified atom stereocenters. The maximum atomic E-state index is 13.7. The molecule has 11 atom stereocenters. The lowest BCUT2D eigenvalue weighted by Gasteiger charge is -2.62. The lowest BCUT2D eigenvalue weighted by Crippen LogP contribution is -2.58. The van der Waals surface area contributed by atoms with Gasteiger partial charge in [0.15, 0.2) is 16.6 Å². The average molecular weight is 1130 g/mol. The van der Waals surface area contributed by atoms with Crippen LogP contribution in [0.15, 0.2) is 40.5 Å². The number of aliphatic hydroxyl groups excluding tert-OH is 2. The van der Waals surface area contributed by atoms with Gasteiger partial charge in [-0.15, -0.1) is 11.3 Å². The number of rotatable bonds is 24. The molecule has 4 fully saturated rings. The second-order valence-corrected chi connectivity index (χ2v) is 26.5. The number of nitrogens with one attached hydrogen (secondary N) is 2. The molecule has 2 aromatic rings. The number of carboxylic acids is 1. The number of amides is 4. The number of hydrogen-bond donors (Lipinski definition) is 5. The Bertz CT molecular complexity index is 2780. The van der Waals surface area contributed by atoms with Crippen LogP contribution in [0.3, 0.4) is 0 Å². The average Bonchev–Trinajstić information content (AvgIpc) is 4.12. The van der Waals surface area contributed by atoms with Crippen LogP contribution >= 0.6 is 11.3 Å². The molecule has 1 aromatic heterocycles. The van der Waals surface area contributed by atoms with Gasteiger partial charge in [0.05, 0.1) is 22.4 Å². The molecule has 438 valence electrons. The number of unbranched alkanes of at least 4 members (excludes halogenated alkanes) is 3. The molecule has 18 heteroatoms. The minimum absolute atomic E-state index is 0.0422. The number of aromatic nitrogens is 1. The highest BCUT2D eigenvalue weighted by molar-refractivity contribution is 7.19. The van der Waals surface area contributed by atoms with Crippen molar-refractivity contribution in [1.82, 2.24) is 25.4 Å². The van der Waals surface area contributed by atoms with E-state index in [-0.39, 0.29) is 120 Å². The van der Waals surface area contributed by atoms with Crippen molar-refractivity contribution in [1.29, 1.82) is 5.26 Å². The zero-order chi connectivity index (χ0) is 58.4. The van der Waals surface area contributed by atoms with Gasteiger partial charge in [0.1, 0.15) is 17.9 Å². The number of carbonyl (C=O) groups excluding carboxylic acids is 6. The number of ketones is 2. The number of allylic oxidation sites excluding steroid dienone is 4. The summed E-state index contributed by atoms with van der Waals surface area (Å²) in [6.07, 6.45) is 10.6. The molecule has 4 amide bonds. The molecule has 7 rings (SSSR count). The highest BCUT2D eigenvalue weighted by Crippen LogP contribution is 2.68. The number of aliphatic carboxylic acids is 1. The summed E-state index contributed by atoms with van der Waals surface area (Å²) in [5, 5.41) is 47.4. The van der Waals surface area contributed by atoms with Gasteiger partial charge in [0.2, 0.25) is 17.7 Å². The first-order chi connectivity index (χ1) is 37.8. The van der Waals surface area contributed by atoms with Gasteiger partial charge >= 0.3 is 12.1 Å². The normalized spacial score (nSPS) is 27.4. The Hall–Kier alpha value is -5.51. The first-order valence-corrected chi connectivity index (χ1v) is 30.3. The van der Waals surface area contributed by atoms with Gasteiger partial charge in [-0.1, -0.05) is 41.0 Å². The molecular formula is C62H88N6O11S.